The number of ether oxygens (including phenoxy) is 2. The summed E-state index contributed by atoms with van der Waals surface area (Å²) in [7, 11) is 0. The van der Waals surface area contributed by atoms with Gasteiger partial charge in [0.05, 0.1) is 12.7 Å². The van der Waals surface area contributed by atoms with Crippen molar-refractivity contribution in [3.63, 3.8) is 0 Å². The molecule has 1 fully saturated rings. The van der Waals surface area contributed by atoms with Crippen molar-refractivity contribution in [3.05, 3.63) is 24.3 Å². The van der Waals surface area contributed by atoms with E-state index in [0.29, 0.717) is 19.3 Å². The summed E-state index contributed by atoms with van der Waals surface area (Å²) in [6.07, 6.45) is 2.40. The Kier molecular flexibility index (Phi) is 5.68. The van der Waals surface area contributed by atoms with Crippen LogP contribution >= 0.6 is 0 Å². The summed E-state index contributed by atoms with van der Waals surface area (Å²) in [6, 6.07) is 8.67. The number of hydrogen-bond acceptors (Lipinski definition) is 4. The maximum atomic E-state index is 5.93. The van der Waals surface area contributed by atoms with Crippen molar-refractivity contribution in [3.8, 4) is 5.75 Å². The molecule has 1 aromatic rings. The van der Waals surface area contributed by atoms with Crippen LogP contribution < -0.4 is 15.4 Å². The molecule has 2 rings (SSSR count). The van der Waals surface area contributed by atoms with Gasteiger partial charge in [-0.1, -0.05) is 0 Å². The van der Waals surface area contributed by atoms with Gasteiger partial charge in [0, 0.05) is 24.8 Å². The Bertz CT molecular complexity index is 384. The van der Waals surface area contributed by atoms with Gasteiger partial charge in [0.2, 0.25) is 0 Å². The molecule has 4 heteroatoms. The Morgan fingerprint density at radius 3 is 2.40 bits per heavy atom. The molecule has 20 heavy (non-hydrogen) atoms. The van der Waals surface area contributed by atoms with Gasteiger partial charge in [0.1, 0.15) is 12.4 Å². The Balaban J connectivity index is 1.77. The number of piperidine rings is 1. The van der Waals surface area contributed by atoms with E-state index in [4.69, 9.17) is 15.2 Å². The fourth-order valence-corrected chi connectivity index (χ4v) is 2.35. The third kappa shape index (κ3) is 4.69. The molecule has 1 aromatic carbocycles. The summed E-state index contributed by atoms with van der Waals surface area (Å²) in [5.74, 6) is 0.898. The number of anilines is 1. The first kappa shape index (κ1) is 15.1. The molecule has 0 unspecified atom stereocenters. The largest absolute Gasteiger partial charge is 0.491 e. The predicted molar refractivity (Wildman–Crippen MR) is 82.4 cm³/mol. The zero-order chi connectivity index (χ0) is 14.4. The van der Waals surface area contributed by atoms with E-state index in [9.17, 15) is 0 Å². The monoisotopic (exact) mass is 278 g/mol. The lowest BCUT2D eigenvalue weighted by molar-refractivity contribution is 0.0553. The molecule has 1 saturated heterocycles. The summed E-state index contributed by atoms with van der Waals surface area (Å²) in [5, 5.41) is 0. The fraction of sp³-hybridized carbons (Fsp3) is 0.625. The minimum atomic E-state index is 0.256. The van der Waals surface area contributed by atoms with Crippen LogP contribution in [0.5, 0.6) is 5.75 Å². The summed E-state index contributed by atoms with van der Waals surface area (Å²) in [4.78, 5) is 2.38. The van der Waals surface area contributed by atoms with Gasteiger partial charge in [-0.3, -0.25) is 0 Å². The Morgan fingerprint density at radius 2 is 1.80 bits per heavy atom. The highest BCUT2D eigenvalue weighted by atomic mass is 16.5. The van der Waals surface area contributed by atoms with Gasteiger partial charge in [-0.25, -0.2) is 0 Å². The average molecular weight is 278 g/mol. The minimum absolute atomic E-state index is 0.256. The van der Waals surface area contributed by atoms with E-state index in [1.165, 1.54) is 5.69 Å². The van der Waals surface area contributed by atoms with Crippen molar-refractivity contribution in [2.75, 3.05) is 31.2 Å². The van der Waals surface area contributed by atoms with E-state index in [2.05, 4.69) is 17.0 Å². The molecule has 0 spiro atoms. The van der Waals surface area contributed by atoms with Crippen LogP contribution in [0.1, 0.15) is 26.7 Å². The van der Waals surface area contributed by atoms with Gasteiger partial charge in [-0.2, -0.15) is 0 Å². The molecular weight excluding hydrogens is 252 g/mol. The van der Waals surface area contributed by atoms with Crippen LogP contribution in [0.2, 0.25) is 0 Å². The zero-order valence-electron chi connectivity index (χ0n) is 12.5. The molecule has 112 valence electrons. The van der Waals surface area contributed by atoms with Crippen molar-refractivity contribution >= 4 is 5.69 Å². The molecule has 2 N–H and O–H groups in total. The molecule has 0 radical (unpaired) electrons. The van der Waals surface area contributed by atoms with Gasteiger partial charge in [0.15, 0.2) is 0 Å². The number of nitrogens with two attached hydrogens (primary N) is 1. The second-order valence-electron chi connectivity index (χ2n) is 5.59. The quantitative estimate of drug-likeness (QED) is 0.812. The van der Waals surface area contributed by atoms with Gasteiger partial charge < -0.3 is 20.1 Å². The maximum absolute atomic E-state index is 5.93. The van der Waals surface area contributed by atoms with E-state index in [-0.39, 0.29) is 6.10 Å². The van der Waals surface area contributed by atoms with Crippen molar-refractivity contribution < 1.29 is 9.47 Å². The maximum Gasteiger partial charge on any atom is 0.119 e. The summed E-state index contributed by atoms with van der Waals surface area (Å²) < 4.78 is 11.1. The lowest BCUT2D eigenvalue weighted by atomic mass is 10.1. The van der Waals surface area contributed by atoms with Crippen LogP contribution in [0.3, 0.4) is 0 Å². The third-order valence-corrected chi connectivity index (χ3v) is 3.54. The zero-order valence-corrected chi connectivity index (χ0v) is 12.5. The summed E-state index contributed by atoms with van der Waals surface area (Å²) >= 11 is 0. The van der Waals surface area contributed by atoms with Crippen LogP contribution in [-0.4, -0.2) is 38.4 Å². The van der Waals surface area contributed by atoms with E-state index < -0.39 is 0 Å². The first-order valence-corrected chi connectivity index (χ1v) is 7.50. The number of nitrogens with zero attached hydrogens (tertiary/aromatic N) is 1. The smallest absolute Gasteiger partial charge is 0.119 e. The van der Waals surface area contributed by atoms with Crippen molar-refractivity contribution in [2.24, 2.45) is 5.73 Å². The second kappa shape index (κ2) is 7.50. The highest BCUT2D eigenvalue weighted by Crippen LogP contribution is 2.22. The van der Waals surface area contributed by atoms with Crippen LogP contribution in [0.4, 0.5) is 5.69 Å². The van der Waals surface area contributed by atoms with Gasteiger partial charge in [-0.15, -0.1) is 0 Å². The van der Waals surface area contributed by atoms with E-state index in [1.54, 1.807) is 0 Å². The number of hydrogen-bond donors (Lipinski definition) is 1. The van der Waals surface area contributed by atoms with E-state index in [1.807, 2.05) is 26.0 Å². The predicted octanol–water partition coefficient (Wildman–Crippen LogP) is 2.42. The highest BCUT2D eigenvalue weighted by Gasteiger charge is 2.16. The van der Waals surface area contributed by atoms with Gasteiger partial charge >= 0.3 is 0 Å². The van der Waals surface area contributed by atoms with Crippen molar-refractivity contribution in [1.82, 2.24) is 0 Å². The van der Waals surface area contributed by atoms with E-state index >= 15 is 0 Å². The molecule has 0 aliphatic carbocycles. The molecule has 4 nitrogen and oxygen atoms in total. The average Bonchev–Trinajstić information content (AvgIpc) is 2.45. The number of rotatable bonds is 6. The van der Waals surface area contributed by atoms with Crippen molar-refractivity contribution in [2.45, 2.75) is 38.8 Å². The molecule has 1 heterocycles. The van der Waals surface area contributed by atoms with Gasteiger partial charge in [-0.05, 0) is 51.0 Å². The molecule has 0 saturated carbocycles. The van der Waals surface area contributed by atoms with Crippen LogP contribution in [0.15, 0.2) is 24.3 Å². The Labute approximate surface area is 121 Å². The highest BCUT2D eigenvalue weighted by molar-refractivity contribution is 5.49. The normalized spacial score (nSPS) is 16.7. The molecule has 0 aromatic heterocycles. The molecular formula is C16H26N2O2. The van der Waals surface area contributed by atoms with Crippen LogP contribution in [-0.2, 0) is 4.74 Å². The molecule has 0 bridgehead atoms. The SMILES string of the molecule is CC(C)OCCOc1ccc(N2CCC(N)CC2)cc1. The molecule has 0 atom stereocenters. The molecule has 0 amide bonds. The third-order valence-electron chi connectivity index (χ3n) is 3.54. The lowest BCUT2D eigenvalue weighted by Gasteiger charge is -2.32. The van der Waals surface area contributed by atoms with Crippen LogP contribution in [0.25, 0.3) is 0 Å². The second-order valence-corrected chi connectivity index (χ2v) is 5.59. The first-order valence-electron chi connectivity index (χ1n) is 7.50. The van der Waals surface area contributed by atoms with E-state index in [0.717, 1.165) is 31.7 Å². The molecule has 1 aliphatic rings. The standard InChI is InChI=1S/C16H26N2O2/c1-13(2)19-11-12-20-16-5-3-15(4-6-16)18-9-7-14(17)8-10-18/h3-6,13-14H,7-12,17H2,1-2H3. The number of benzene rings is 1. The van der Waals surface area contributed by atoms with Gasteiger partial charge in [0.25, 0.3) is 0 Å². The Hall–Kier alpha value is -1.26. The molecule has 1 aliphatic heterocycles. The summed E-state index contributed by atoms with van der Waals surface area (Å²) in [5.41, 5.74) is 7.18. The summed E-state index contributed by atoms with van der Waals surface area (Å²) in [6.45, 7) is 7.37. The topological polar surface area (TPSA) is 47.7 Å². The lowest BCUT2D eigenvalue weighted by Crippen LogP contribution is -2.39. The van der Waals surface area contributed by atoms with Crippen molar-refractivity contribution in [1.29, 1.82) is 0 Å². The Morgan fingerprint density at radius 1 is 1.15 bits per heavy atom. The minimum Gasteiger partial charge on any atom is -0.491 e. The van der Waals surface area contributed by atoms with Crippen LogP contribution in [0, 0.1) is 0 Å². The fourth-order valence-electron chi connectivity index (χ4n) is 2.35. The first-order chi connectivity index (χ1) is 9.65.